The lowest BCUT2D eigenvalue weighted by Crippen LogP contribution is -2.26. The van der Waals surface area contributed by atoms with Gasteiger partial charge < -0.3 is 14.1 Å². The topological polar surface area (TPSA) is 102 Å². The number of hydrogen-bond acceptors (Lipinski definition) is 6. The van der Waals surface area contributed by atoms with Gasteiger partial charge in [-0.3, -0.25) is 4.90 Å². The van der Waals surface area contributed by atoms with E-state index in [2.05, 4.69) is 43.6 Å². The predicted octanol–water partition coefficient (Wildman–Crippen LogP) is 2.37. The molecule has 1 aliphatic heterocycles. The van der Waals surface area contributed by atoms with Gasteiger partial charge in [-0.25, -0.2) is 19.4 Å². The van der Waals surface area contributed by atoms with Gasteiger partial charge >= 0.3 is 12.1 Å². The summed E-state index contributed by atoms with van der Waals surface area (Å²) in [6.07, 6.45) is 2.09. The molecule has 0 aromatic carbocycles. The highest BCUT2D eigenvalue weighted by atomic mass is 19.4. The zero-order valence-electron chi connectivity index (χ0n) is 16.9. The molecular weight excluding hydrogens is 417 g/mol. The fourth-order valence-corrected chi connectivity index (χ4v) is 3.22. The number of carboxylic acids is 1. The largest absolute Gasteiger partial charge is 0.490 e. The smallest absolute Gasteiger partial charge is 0.475 e. The standard InChI is InChI=1S/C17H22N6O.C2HF3O2/c1-2-15-3-4-16(24-15)11-21-6-5-17-19-9-14(23(17)8-7-21)10-22-13-18-12-20-22;3-2(4,5)1(6)7/h3-4,9,12-13H,2,5-8,10-11H2,1H3;(H,6,7). The van der Waals surface area contributed by atoms with E-state index in [1.54, 1.807) is 12.7 Å². The Morgan fingerprint density at radius 2 is 1.94 bits per heavy atom. The van der Waals surface area contributed by atoms with Crippen molar-refractivity contribution in [3.63, 3.8) is 0 Å². The molecular formula is C19H23F3N6O3. The number of carboxylic acid groups (broad SMARTS) is 1. The van der Waals surface area contributed by atoms with Crippen molar-refractivity contribution in [2.45, 2.75) is 45.6 Å². The van der Waals surface area contributed by atoms with Crippen LogP contribution in [0.4, 0.5) is 13.2 Å². The average molecular weight is 440 g/mol. The van der Waals surface area contributed by atoms with Gasteiger partial charge in [0.15, 0.2) is 0 Å². The van der Waals surface area contributed by atoms with Gasteiger partial charge in [0.05, 0.1) is 25.0 Å². The first-order valence-corrected chi connectivity index (χ1v) is 9.72. The molecule has 1 aliphatic rings. The second-order valence-electron chi connectivity index (χ2n) is 6.96. The lowest BCUT2D eigenvalue weighted by atomic mass is 10.3. The van der Waals surface area contributed by atoms with Crippen molar-refractivity contribution < 1.29 is 27.5 Å². The summed E-state index contributed by atoms with van der Waals surface area (Å²) in [5, 5.41) is 11.3. The van der Waals surface area contributed by atoms with Gasteiger partial charge in [0.2, 0.25) is 0 Å². The number of imidazole rings is 1. The lowest BCUT2D eigenvalue weighted by molar-refractivity contribution is -0.192. The number of aryl methyl sites for hydroxylation is 1. The third-order valence-electron chi connectivity index (χ3n) is 4.79. The lowest BCUT2D eigenvalue weighted by Gasteiger charge is -2.18. The molecule has 1 N–H and O–H groups in total. The van der Waals surface area contributed by atoms with Crippen molar-refractivity contribution in [1.82, 2.24) is 29.2 Å². The molecule has 0 aliphatic carbocycles. The zero-order chi connectivity index (χ0) is 22.4. The minimum Gasteiger partial charge on any atom is -0.475 e. The number of alkyl halides is 3. The summed E-state index contributed by atoms with van der Waals surface area (Å²) in [7, 11) is 0. The van der Waals surface area contributed by atoms with E-state index in [9.17, 15) is 13.2 Å². The molecule has 3 aromatic rings. The van der Waals surface area contributed by atoms with Gasteiger partial charge in [-0.15, -0.1) is 0 Å². The van der Waals surface area contributed by atoms with Crippen molar-refractivity contribution in [3.8, 4) is 0 Å². The van der Waals surface area contributed by atoms with E-state index in [-0.39, 0.29) is 0 Å². The van der Waals surface area contributed by atoms with Crippen LogP contribution in [0, 0.1) is 0 Å². The Kier molecular flexibility index (Phi) is 7.10. The second kappa shape index (κ2) is 9.77. The first-order chi connectivity index (χ1) is 14.8. The van der Waals surface area contributed by atoms with Crippen molar-refractivity contribution in [2.24, 2.45) is 0 Å². The minimum absolute atomic E-state index is 0.713. The number of aliphatic carboxylic acids is 1. The van der Waals surface area contributed by atoms with Gasteiger partial charge in [-0.05, 0) is 12.1 Å². The number of carbonyl (C=O) groups is 1. The SMILES string of the molecule is CCc1ccc(CN2CCc3ncc(Cn4cncn4)n3CC2)o1.O=C(O)C(F)(F)F. The summed E-state index contributed by atoms with van der Waals surface area (Å²) in [6.45, 7) is 6.64. The molecule has 0 saturated carbocycles. The zero-order valence-corrected chi connectivity index (χ0v) is 16.9. The van der Waals surface area contributed by atoms with Crippen LogP contribution in [0.1, 0.15) is 30.0 Å². The highest BCUT2D eigenvalue weighted by Gasteiger charge is 2.38. The van der Waals surface area contributed by atoms with E-state index in [1.807, 2.05) is 10.9 Å². The fourth-order valence-electron chi connectivity index (χ4n) is 3.22. The molecule has 3 aromatic heterocycles. The molecule has 168 valence electrons. The minimum atomic E-state index is -5.08. The van der Waals surface area contributed by atoms with Gasteiger partial charge in [0.25, 0.3) is 0 Å². The van der Waals surface area contributed by atoms with Crippen LogP contribution in [0.3, 0.4) is 0 Å². The van der Waals surface area contributed by atoms with Gasteiger partial charge in [-0.1, -0.05) is 6.92 Å². The normalized spacial score (nSPS) is 14.5. The van der Waals surface area contributed by atoms with E-state index in [0.29, 0.717) is 6.54 Å². The van der Waals surface area contributed by atoms with E-state index in [0.717, 1.165) is 56.4 Å². The van der Waals surface area contributed by atoms with Gasteiger partial charge in [0.1, 0.15) is 30.0 Å². The highest BCUT2D eigenvalue weighted by Crippen LogP contribution is 2.16. The maximum Gasteiger partial charge on any atom is 0.490 e. The summed E-state index contributed by atoms with van der Waals surface area (Å²) < 4.78 is 41.7. The molecule has 4 heterocycles. The number of rotatable bonds is 5. The molecule has 0 amide bonds. The fraction of sp³-hybridized carbons (Fsp3) is 0.474. The summed E-state index contributed by atoms with van der Waals surface area (Å²) in [6, 6.07) is 4.17. The molecule has 0 atom stereocenters. The van der Waals surface area contributed by atoms with Crippen molar-refractivity contribution >= 4 is 5.97 Å². The van der Waals surface area contributed by atoms with Crippen LogP contribution in [0.5, 0.6) is 0 Å². The summed E-state index contributed by atoms with van der Waals surface area (Å²) >= 11 is 0. The number of halogens is 3. The van der Waals surface area contributed by atoms with E-state index < -0.39 is 12.1 Å². The number of furan rings is 1. The van der Waals surface area contributed by atoms with Crippen LogP contribution in [0.25, 0.3) is 0 Å². The van der Waals surface area contributed by atoms with Crippen molar-refractivity contribution in [2.75, 3.05) is 13.1 Å². The summed E-state index contributed by atoms with van der Waals surface area (Å²) in [5.74, 6) is 0.505. The number of fused-ring (bicyclic) bond motifs is 1. The Morgan fingerprint density at radius 3 is 2.55 bits per heavy atom. The second-order valence-corrected chi connectivity index (χ2v) is 6.96. The first kappa shape index (κ1) is 22.5. The Bertz CT molecular complexity index is 981. The number of nitrogens with zero attached hydrogens (tertiary/aromatic N) is 6. The Balaban J connectivity index is 0.000000339. The van der Waals surface area contributed by atoms with Crippen molar-refractivity contribution in [1.29, 1.82) is 0 Å². The van der Waals surface area contributed by atoms with E-state index in [1.165, 1.54) is 5.69 Å². The Labute approximate surface area is 176 Å². The van der Waals surface area contributed by atoms with Crippen LogP contribution in [0.15, 0.2) is 35.4 Å². The maximum absolute atomic E-state index is 10.6. The predicted molar refractivity (Wildman–Crippen MR) is 102 cm³/mol. The molecule has 0 saturated heterocycles. The Morgan fingerprint density at radius 1 is 1.19 bits per heavy atom. The molecule has 0 bridgehead atoms. The number of hydrogen-bond donors (Lipinski definition) is 1. The van der Waals surface area contributed by atoms with Crippen LogP contribution < -0.4 is 0 Å². The van der Waals surface area contributed by atoms with Crippen LogP contribution >= 0.6 is 0 Å². The van der Waals surface area contributed by atoms with Crippen LogP contribution in [-0.2, 0) is 37.3 Å². The van der Waals surface area contributed by atoms with Crippen molar-refractivity contribution in [3.05, 3.63) is 54.0 Å². The summed E-state index contributed by atoms with van der Waals surface area (Å²) in [4.78, 5) is 19.9. The quantitative estimate of drug-likeness (QED) is 0.650. The van der Waals surface area contributed by atoms with E-state index >= 15 is 0 Å². The molecule has 0 fully saturated rings. The number of aromatic nitrogens is 5. The monoisotopic (exact) mass is 440 g/mol. The molecule has 9 nitrogen and oxygen atoms in total. The van der Waals surface area contributed by atoms with E-state index in [4.69, 9.17) is 14.3 Å². The van der Waals surface area contributed by atoms with Crippen LogP contribution in [-0.4, -0.2) is 59.6 Å². The first-order valence-electron chi connectivity index (χ1n) is 9.72. The average Bonchev–Trinajstić information content (AvgIpc) is 3.44. The van der Waals surface area contributed by atoms with Gasteiger partial charge in [-0.2, -0.15) is 18.3 Å². The Hall–Kier alpha value is -3.15. The third-order valence-corrected chi connectivity index (χ3v) is 4.79. The maximum atomic E-state index is 10.6. The molecule has 12 heteroatoms. The third kappa shape index (κ3) is 6.17. The molecule has 0 radical (unpaired) electrons. The molecule has 4 rings (SSSR count). The van der Waals surface area contributed by atoms with Crippen LogP contribution in [0.2, 0.25) is 0 Å². The van der Waals surface area contributed by atoms with Gasteiger partial charge in [0, 0.05) is 32.5 Å². The highest BCUT2D eigenvalue weighted by molar-refractivity contribution is 5.73. The molecule has 31 heavy (non-hydrogen) atoms. The molecule has 0 unspecified atom stereocenters. The summed E-state index contributed by atoms with van der Waals surface area (Å²) in [5.41, 5.74) is 1.18. The molecule has 0 spiro atoms.